The molecule has 0 aromatic heterocycles. The van der Waals surface area contributed by atoms with E-state index in [1.807, 2.05) is 18.2 Å². The number of benzene rings is 2. The van der Waals surface area contributed by atoms with Gasteiger partial charge in [0.25, 0.3) is 5.91 Å². The molecule has 13 heteroatoms. The summed E-state index contributed by atoms with van der Waals surface area (Å²) in [6.07, 6.45) is 1.87. The van der Waals surface area contributed by atoms with Gasteiger partial charge in [-0.05, 0) is 88.3 Å². The van der Waals surface area contributed by atoms with Gasteiger partial charge in [0, 0.05) is 38.3 Å². The lowest BCUT2D eigenvalue weighted by Crippen LogP contribution is -2.65. The zero-order valence-corrected chi connectivity index (χ0v) is 30.9. The number of aryl methyl sites for hydroxylation is 1. The van der Waals surface area contributed by atoms with Crippen molar-refractivity contribution in [3.8, 4) is 0 Å². The van der Waals surface area contributed by atoms with Crippen LogP contribution in [0.1, 0.15) is 88.8 Å². The molecule has 1 aliphatic carbocycles. The fourth-order valence-corrected chi connectivity index (χ4v) is 6.34. The minimum Gasteiger partial charge on any atom is -0.444 e. The van der Waals surface area contributed by atoms with Crippen LogP contribution in [0.5, 0.6) is 0 Å². The summed E-state index contributed by atoms with van der Waals surface area (Å²) in [6.45, 7) is 11.9. The van der Waals surface area contributed by atoms with Crippen molar-refractivity contribution in [1.82, 2.24) is 25.3 Å². The van der Waals surface area contributed by atoms with Crippen LogP contribution in [0.4, 0.5) is 10.5 Å². The number of carbonyl (C=O) groups excluding carboxylic acids is 6. The molecule has 0 bridgehead atoms. The van der Waals surface area contributed by atoms with Crippen LogP contribution in [-0.4, -0.2) is 101 Å². The van der Waals surface area contributed by atoms with Crippen LogP contribution in [0, 0.1) is 5.92 Å². The van der Waals surface area contributed by atoms with E-state index in [-0.39, 0.29) is 43.4 Å². The number of hydrogen-bond donors (Lipinski definition) is 3. The molecule has 13 nitrogen and oxygen atoms in total. The SMILES string of the molecule is CC(=O)Nc1ccc(C(=O)N2CCN(C(=O)[C@@H](NC(=O)[C@H](C)N(C)C(=O)OC(C)(C)C)C(C)C)[C@H](C(=O)N[C@@H]3CCCc4ccccc43)C2)cc1. The molecule has 2 aromatic carbocycles. The van der Waals surface area contributed by atoms with Crippen molar-refractivity contribution in [2.45, 2.75) is 97.5 Å². The van der Waals surface area contributed by atoms with E-state index in [2.05, 4.69) is 22.0 Å². The smallest absolute Gasteiger partial charge is 0.410 e. The van der Waals surface area contributed by atoms with E-state index < -0.39 is 47.5 Å². The third kappa shape index (κ3) is 9.86. The Morgan fingerprint density at radius 3 is 2.24 bits per heavy atom. The summed E-state index contributed by atoms with van der Waals surface area (Å²) in [6, 6.07) is 11.2. The van der Waals surface area contributed by atoms with Gasteiger partial charge < -0.3 is 30.5 Å². The minimum atomic E-state index is -1.04. The number of fused-ring (bicyclic) bond motifs is 1. The Hall–Kier alpha value is -4.94. The van der Waals surface area contributed by atoms with Crippen molar-refractivity contribution in [1.29, 1.82) is 0 Å². The van der Waals surface area contributed by atoms with Crippen LogP contribution in [0.25, 0.3) is 0 Å². The van der Waals surface area contributed by atoms with Crippen molar-refractivity contribution >= 4 is 41.3 Å². The van der Waals surface area contributed by atoms with Crippen molar-refractivity contribution in [2.24, 2.45) is 5.92 Å². The summed E-state index contributed by atoms with van der Waals surface area (Å²) in [4.78, 5) is 84.0. The second kappa shape index (κ2) is 16.4. The van der Waals surface area contributed by atoms with Gasteiger partial charge >= 0.3 is 6.09 Å². The first-order chi connectivity index (χ1) is 24.0. The van der Waals surface area contributed by atoms with Gasteiger partial charge in [0.15, 0.2) is 0 Å². The number of nitrogens with one attached hydrogen (secondary N) is 3. The van der Waals surface area contributed by atoms with Crippen molar-refractivity contribution in [3.63, 3.8) is 0 Å². The Labute approximate surface area is 300 Å². The molecule has 0 spiro atoms. The molecular weight excluding hydrogens is 652 g/mol. The van der Waals surface area contributed by atoms with Gasteiger partial charge in [0.05, 0.1) is 12.6 Å². The molecule has 276 valence electrons. The standard InChI is InChI=1S/C38H52N6O7/c1-23(2)32(41-33(46)24(3)42(8)37(50)51-38(5,6)7)36(49)44-21-20-43(35(48)27-16-18-28(19-17-27)39-25(4)45)22-31(44)34(47)40-30-15-11-13-26-12-9-10-14-29(26)30/h9-10,12,14,16-19,23-24,30-32H,11,13,15,20-22H2,1-8H3,(H,39,45)(H,40,47)(H,41,46)/t24-,30+,31-,32-/m0/s1. The zero-order valence-electron chi connectivity index (χ0n) is 30.9. The van der Waals surface area contributed by atoms with Gasteiger partial charge in [0.2, 0.25) is 23.6 Å². The maximum Gasteiger partial charge on any atom is 0.410 e. The summed E-state index contributed by atoms with van der Waals surface area (Å²) in [5, 5.41) is 8.67. The molecule has 0 unspecified atom stereocenters. The average molecular weight is 705 g/mol. The summed E-state index contributed by atoms with van der Waals surface area (Å²) in [7, 11) is 1.46. The lowest BCUT2D eigenvalue weighted by Gasteiger charge is -2.43. The van der Waals surface area contributed by atoms with Crippen LogP contribution < -0.4 is 16.0 Å². The van der Waals surface area contributed by atoms with Crippen molar-refractivity contribution in [2.75, 3.05) is 32.0 Å². The third-order valence-electron chi connectivity index (χ3n) is 9.26. The number of hydrogen-bond acceptors (Lipinski definition) is 7. The lowest BCUT2D eigenvalue weighted by atomic mass is 9.87. The van der Waals surface area contributed by atoms with E-state index in [0.717, 1.165) is 30.4 Å². The van der Waals surface area contributed by atoms with Crippen molar-refractivity contribution in [3.05, 3.63) is 65.2 Å². The Morgan fingerprint density at radius 2 is 1.61 bits per heavy atom. The molecule has 2 aromatic rings. The number of rotatable bonds is 9. The fourth-order valence-electron chi connectivity index (χ4n) is 6.34. The first-order valence-corrected chi connectivity index (χ1v) is 17.6. The predicted octanol–water partition coefficient (Wildman–Crippen LogP) is 3.89. The highest BCUT2D eigenvalue weighted by molar-refractivity contribution is 5.98. The quantitative estimate of drug-likeness (QED) is 0.358. The molecule has 1 aliphatic heterocycles. The van der Waals surface area contributed by atoms with E-state index in [9.17, 15) is 28.8 Å². The van der Waals surface area contributed by atoms with Gasteiger partial charge in [-0.3, -0.25) is 28.9 Å². The molecule has 1 heterocycles. The zero-order chi connectivity index (χ0) is 37.6. The van der Waals surface area contributed by atoms with Crippen LogP contribution in [0.15, 0.2) is 48.5 Å². The molecule has 4 atom stereocenters. The van der Waals surface area contributed by atoms with Gasteiger partial charge in [0.1, 0.15) is 23.7 Å². The van der Waals surface area contributed by atoms with Gasteiger partial charge in [-0.25, -0.2) is 4.79 Å². The first-order valence-electron chi connectivity index (χ1n) is 17.6. The molecule has 4 rings (SSSR count). The molecule has 0 saturated carbocycles. The second-order valence-electron chi connectivity index (χ2n) is 14.7. The highest BCUT2D eigenvalue weighted by Crippen LogP contribution is 2.30. The monoisotopic (exact) mass is 704 g/mol. The maximum atomic E-state index is 14.4. The number of carbonyl (C=O) groups is 6. The molecular formula is C38H52N6O7. The highest BCUT2D eigenvalue weighted by Gasteiger charge is 2.42. The number of ether oxygens (including phenoxy) is 1. The lowest BCUT2D eigenvalue weighted by molar-refractivity contribution is -0.147. The third-order valence-corrected chi connectivity index (χ3v) is 9.26. The van der Waals surface area contributed by atoms with Crippen LogP contribution in [-0.2, 0) is 30.3 Å². The first kappa shape index (κ1) is 38.9. The summed E-state index contributed by atoms with van der Waals surface area (Å²) in [5.74, 6) is -2.31. The number of amides is 6. The molecule has 3 N–H and O–H groups in total. The van der Waals surface area contributed by atoms with Gasteiger partial charge in [-0.15, -0.1) is 0 Å². The Kier molecular flexibility index (Phi) is 12.5. The molecule has 2 aliphatic rings. The summed E-state index contributed by atoms with van der Waals surface area (Å²) >= 11 is 0. The predicted molar refractivity (Wildman–Crippen MR) is 193 cm³/mol. The molecule has 1 fully saturated rings. The maximum absolute atomic E-state index is 14.4. The number of piperazine rings is 1. The van der Waals surface area contributed by atoms with E-state index in [1.54, 1.807) is 70.7 Å². The Balaban J connectivity index is 1.57. The normalized spacial score (nSPS) is 18.5. The second-order valence-corrected chi connectivity index (χ2v) is 14.7. The van der Waals surface area contributed by atoms with E-state index in [0.29, 0.717) is 11.3 Å². The summed E-state index contributed by atoms with van der Waals surface area (Å²) < 4.78 is 5.41. The number of likely N-dealkylation sites (N-methyl/N-ethyl adjacent to an activating group) is 1. The van der Waals surface area contributed by atoms with Crippen LogP contribution >= 0.6 is 0 Å². The molecule has 0 radical (unpaired) electrons. The average Bonchev–Trinajstić information content (AvgIpc) is 3.08. The topological polar surface area (TPSA) is 157 Å². The van der Waals surface area contributed by atoms with E-state index >= 15 is 0 Å². The van der Waals surface area contributed by atoms with E-state index in [1.165, 1.54) is 23.8 Å². The number of nitrogens with zero attached hydrogens (tertiary/aromatic N) is 3. The Morgan fingerprint density at radius 1 is 0.941 bits per heavy atom. The highest BCUT2D eigenvalue weighted by atomic mass is 16.6. The van der Waals surface area contributed by atoms with Gasteiger partial charge in [-0.2, -0.15) is 0 Å². The minimum absolute atomic E-state index is 0.0559. The molecule has 6 amide bonds. The Bertz CT molecular complexity index is 1620. The van der Waals surface area contributed by atoms with Crippen LogP contribution in [0.3, 0.4) is 0 Å². The fraction of sp³-hybridized carbons (Fsp3) is 0.526. The molecule has 51 heavy (non-hydrogen) atoms. The number of anilines is 1. The largest absolute Gasteiger partial charge is 0.444 e. The van der Waals surface area contributed by atoms with E-state index in [4.69, 9.17) is 4.74 Å². The van der Waals surface area contributed by atoms with Crippen molar-refractivity contribution < 1.29 is 33.5 Å². The van der Waals surface area contributed by atoms with Gasteiger partial charge in [-0.1, -0.05) is 38.1 Å². The van der Waals surface area contributed by atoms with Crippen LogP contribution in [0.2, 0.25) is 0 Å². The summed E-state index contributed by atoms with van der Waals surface area (Å²) in [5.41, 5.74) is 2.37. The molecule has 1 saturated heterocycles.